The third-order valence-corrected chi connectivity index (χ3v) is 2.58. The largest absolute Gasteiger partial charge is 0.508 e. The Morgan fingerprint density at radius 3 is 2.28 bits per heavy atom. The van der Waals surface area contributed by atoms with Crippen molar-refractivity contribution in [2.75, 3.05) is 5.32 Å². The van der Waals surface area contributed by atoms with Gasteiger partial charge in [0.15, 0.2) is 0 Å². The first-order valence-electron chi connectivity index (χ1n) is 5.57. The molecule has 0 radical (unpaired) electrons. The third kappa shape index (κ3) is 2.87. The van der Waals surface area contributed by atoms with Gasteiger partial charge in [-0.05, 0) is 29.8 Å². The lowest BCUT2D eigenvalue weighted by atomic mass is 10.1. The average Bonchev–Trinajstić information content (AvgIpc) is 2.41. The maximum atomic E-state index is 11.9. The van der Waals surface area contributed by atoms with Crippen LogP contribution < -0.4 is 11.1 Å². The van der Waals surface area contributed by atoms with Crippen molar-refractivity contribution in [3.8, 4) is 5.75 Å². The molecule has 4 heteroatoms. The number of phenols is 1. The van der Waals surface area contributed by atoms with E-state index in [0.29, 0.717) is 5.69 Å². The van der Waals surface area contributed by atoms with Crippen molar-refractivity contribution in [2.24, 2.45) is 5.73 Å². The van der Waals surface area contributed by atoms with Crippen molar-refractivity contribution < 1.29 is 9.90 Å². The molecule has 2 rings (SSSR count). The predicted octanol–water partition coefficient (Wildman–Crippen LogP) is 2.03. The van der Waals surface area contributed by atoms with Crippen LogP contribution in [-0.4, -0.2) is 11.0 Å². The van der Waals surface area contributed by atoms with Crippen LogP contribution in [0.15, 0.2) is 54.6 Å². The lowest BCUT2D eigenvalue weighted by molar-refractivity contribution is -0.117. The van der Waals surface area contributed by atoms with Crippen LogP contribution >= 0.6 is 0 Å². The van der Waals surface area contributed by atoms with E-state index in [-0.39, 0.29) is 11.7 Å². The molecule has 0 unspecified atom stereocenters. The molecule has 1 atom stereocenters. The van der Waals surface area contributed by atoms with Gasteiger partial charge in [-0.1, -0.05) is 30.3 Å². The van der Waals surface area contributed by atoms with Crippen molar-refractivity contribution >= 4 is 11.6 Å². The van der Waals surface area contributed by atoms with Gasteiger partial charge in [-0.25, -0.2) is 0 Å². The predicted molar refractivity (Wildman–Crippen MR) is 70.1 cm³/mol. The monoisotopic (exact) mass is 242 g/mol. The Labute approximate surface area is 105 Å². The Morgan fingerprint density at radius 1 is 1.06 bits per heavy atom. The summed E-state index contributed by atoms with van der Waals surface area (Å²) in [5, 5.41) is 11.8. The molecule has 0 bridgehead atoms. The zero-order valence-corrected chi connectivity index (χ0v) is 9.71. The number of phenolic OH excluding ortho intramolecular Hbond substituents is 1. The first kappa shape index (κ1) is 12.1. The number of carbonyl (C=O) groups excluding carboxylic acids is 1. The van der Waals surface area contributed by atoms with Crippen LogP contribution in [0.3, 0.4) is 0 Å². The van der Waals surface area contributed by atoms with Gasteiger partial charge in [0, 0.05) is 5.69 Å². The lowest BCUT2D eigenvalue weighted by Crippen LogP contribution is -2.27. The van der Waals surface area contributed by atoms with Crippen molar-refractivity contribution in [1.29, 1.82) is 0 Å². The number of carbonyl (C=O) groups is 1. The van der Waals surface area contributed by atoms with E-state index in [9.17, 15) is 4.79 Å². The number of aromatic hydroxyl groups is 1. The second-order valence-corrected chi connectivity index (χ2v) is 3.92. The summed E-state index contributed by atoms with van der Waals surface area (Å²) < 4.78 is 0. The number of nitrogens with two attached hydrogens (primary N) is 1. The number of anilines is 1. The first-order chi connectivity index (χ1) is 8.66. The fourth-order valence-corrected chi connectivity index (χ4v) is 1.58. The zero-order chi connectivity index (χ0) is 13.0. The highest BCUT2D eigenvalue weighted by Crippen LogP contribution is 2.16. The molecule has 4 N–H and O–H groups in total. The summed E-state index contributed by atoms with van der Waals surface area (Å²) in [7, 11) is 0. The number of nitrogens with one attached hydrogen (secondary N) is 1. The highest BCUT2D eigenvalue weighted by Gasteiger charge is 2.15. The van der Waals surface area contributed by atoms with Crippen molar-refractivity contribution in [2.45, 2.75) is 6.04 Å². The Morgan fingerprint density at radius 2 is 1.67 bits per heavy atom. The standard InChI is InChI=1S/C14H14N2O2/c15-13(10-4-2-1-3-5-10)14(18)16-11-6-8-12(17)9-7-11/h1-9,13,17H,15H2,(H,16,18)/t13-/m0/s1. The molecule has 18 heavy (non-hydrogen) atoms. The van der Waals surface area contributed by atoms with Crippen LogP contribution in [-0.2, 0) is 4.79 Å². The lowest BCUT2D eigenvalue weighted by Gasteiger charge is -2.12. The molecule has 4 nitrogen and oxygen atoms in total. The van der Waals surface area contributed by atoms with E-state index in [4.69, 9.17) is 10.8 Å². The van der Waals surface area contributed by atoms with Gasteiger partial charge >= 0.3 is 0 Å². The molecule has 0 aliphatic rings. The van der Waals surface area contributed by atoms with Crippen LogP contribution in [0.4, 0.5) is 5.69 Å². The van der Waals surface area contributed by atoms with Crippen molar-refractivity contribution in [3.05, 3.63) is 60.2 Å². The van der Waals surface area contributed by atoms with Gasteiger partial charge in [0.25, 0.3) is 0 Å². The van der Waals surface area contributed by atoms with E-state index in [2.05, 4.69) is 5.32 Å². The highest BCUT2D eigenvalue weighted by atomic mass is 16.3. The molecule has 0 spiro atoms. The Hall–Kier alpha value is -2.33. The molecule has 0 saturated heterocycles. The van der Waals surface area contributed by atoms with Gasteiger partial charge in [0.1, 0.15) is 11.8 Å². The topological polar surface area (TPSA) is 75.4 Å². The molecule has 0 fully saturated rings. The van der Waals surface area contributed by atoms with Crippen molar-refractivity contribution in [3.63, 3.8) is 0 Å². The minimum absolute atomic E-state index is 0.153. The van der Waals surface area contributed by atoms with Crippen LogP contribution in [0.1, 0.15) is 11.6 Å². The first-order valence-corrected chi connectivity index (χ1v) is 5.57. The second-order valence-electron chi connectivity index (χ2n) is 3.92. The van der Waals surface area contributed by atoms with Crippen molar-refractivity contribution in [1.82, 2.24) is 0 Å². The van der Waals surface area contributed by atoms with Gasteiger partial charge in [-0.2, -0.15) is 0 Å². The van der Waals surface area contributed by atoms with Crippen LogP contribution in [0.2, 0.25) is 0 Å². The van der Waals surface area contributed by atoms with E-state index in [0.717, 1.165) is 5.56 Å². The molecule has 0 heterocycles. The van der Waals surface area contributed by atoms with Crippen LogP contribution in [0.5, 0.6) is 5.75 Å². The molecule has 0 aromatic heterocycles. The summed E-state index contributed by atoms with van der Waals surface area (Å²) in [4.78, 5) is 11.9. The maximum absolute atomic E-state index is 11.9. The molecule has 0 saturated carbocycles. The minimum Gasteiger partial charge on any atom is -0.508 e. The summed E-state index contributed by atoms with van der Waals surface area (Å²) in [5.41, 5.74) is 7.21. The highest BCUT2D eigenvalue weighted by molar-refractivity contribution is 5.95. The maximum Gasteiger partial charge on any atom is 0.245 e. The zero-order valence-electron chi connectivity index (χ0n) is 9.71. The van der Waals surface area contributed by atoms with Gasteiger partial charge in [-0.15, -0.1) is 0 Å². The number of hydrogen-bond donors (Lipinski definition) is 3. The number of hydrogen-bond acceptors (Lipinski definition) is 3. The summed E-state index contributed by atoms with van der Waals surface area (Å²) in [6, 6.07) is 14.7. The van der Waals surface area contributed by atoms with Crippen LogP contribution in [0.25, 0.3) is 0 Å². The average molecular weight is 242 g/mol. The molecular weight excluding hydrogens is 228 g/mol. The quantitative estimate of drug-likeness (QED) is 0.721. The van der Waals surface area contributed by atoms with E-state index in [1.165, 1.54) is 12.1 Å². The van der Waals surface area contributed by atoms with E-state index in [1.54, 1.807) is 24.3 Å². The molecule has 92 valence electrons. The fourth-order valence-electron chi connectivity index (χ4n) is 1.58. The Bertz CT molecular complexity index is 523. The molecule has 0 aliphatic carbocycles. The number of rotatable bonds is 3. The van der Waals surface area contributed by atoms with Crippen LogP contribution in [0, 0.1) is 0 Å². The minimum atomic E-state index is -0.708. The Kier molecular flexibility index (Phi) is 3.60. The van der Waals surface area contributed by atoms with E-state index < -0.39 is 6.04 Å². The third-order valence-electron chi connectivity index (χ3n) is 2.58. The molecule has 1 amide bonds. The van der Waals surface area contributed by atoms with Gasteiger partial charge in [-0.3, -0.25) is 4.79 Å². The fraction of sp³-hybridized carbons (Fsp3) is 0.0714. The molecule has 2 aromatic carbocycles. The van der Waals surface area contributed by atoms with E-state index in [1.807, 2.05) is 18.2 Å². The van der Waals surface area contributed by atoms with Gasteiger partial charge in [0.05, 0.1) is 0 Å². The number of benzene rings is 2. The molecular formula is C14H14N2O2. The smallest absolute Gasteiger partial charge is 0.245 e. The number of amides is 1. The molecule has 0 aliphatic heterocycles. The summed E-state index contributed by atoms with van der Waals surface area (Å²) in [6.07, 6.45) is 0. The van der Waals surface area contributed by atoms with Gasteiger partial charge < -0.3 is 16.2 Å². The second kappa shape index (κ2) is 5.33. The summed E-state index contributed by atoms with van der Waals surface area (Å²) >= 11 is 0. The molecule has 2 aromatic rings. The Balaban J connectivity index is 2.06. The summed E-state index contributed by atoms with van der Waals surface area (Å²) in [5.74, 6) is -0.132. The van der Waals surface area contributed by atoms with Gasteiger partial charge in [0.2, 0.25) is 5.91 Å². The SMILES string of the molecule is N[C@H](C(=O)Nc1ccc(O)cc1)c1ccccc1. The normalized spacial score (nSPS) is 11.8. The summed E-state index contributed by atoms with van der Waals surface area (Å²) in [6.45, 7) is 0. The van der Waals surface area contributed by atoms with E-state index >= 15 is 0 Å².